The molecule has 4 N–H and O–H groups in total. The van der Waals surface area contributed by atoms with Crippen molar-refractivity contribution in [1.82, 2.24) is 5.32 Å². The molecule has 6 heteroatoms. The van der Waals surface area contributed by atoms with E-state index in [1.165, 1.54) is 0 Å². The molecule has 16 heavy (non-hydrogen) atoms. The monoisotopic (exact) mass is 285 g/mol. The fraction of sp³-hybridized carbons (Fsp3) is 0.200. The molecule has 1 amide bonds. The third kappa shape index (κ3) is 3.90. The van der Waals surface area contributed by atoms with Gasteiger partial charge in [-0.3, -0.25) is 4.79 Å². The Kier molecular flexibility index (Phi) is 4.78. The summed E-state index contributed by atoms with van der Waals surface area (Å²) < 4.78 is 0.917. The normalized spacial score (nSPS) is 11.2. The molecule has 5 nitrogen and oxygen atoms in total. The van der Waals surface area contributed by atoms with Gasteiger partial charge in [-0.2, -0.15) is 0 Å². The predicted octanol–water partition coefficient (Wildman–Crippen LogP) is 1.32. The number of nitrogens with two attached hydrogens (primary N) is 1. The molecule has 0 saturated carbocycles. The molecule has 0 aliphatic rings. The highest BCUT2D eigenvalue weighted by molar-refractivity contribution is 9.10. The van der Waals surface area contributed by atoms with E-state index in [0.29, 0.717) is 18.5 Å². The number of carbonyl (C=O) groups is 1. The Bertz CT molecular complexity index is 390. The van der Waals surface area contributed by atoms with Crippen molar-refractivity contribution in [3.05, 3.63) is 34.3 Å². The van der Waals surface area contributed by atoms with E-state index >= 15 is 0 Å². The number of hydrogen-bond donors (Lipinski definition) is 3. The van der Waals surface area contributed by atoms with Crippen LogP contribution in [-0.4, -0.2) is 23.5 Å². The molecule has 0 unspecified atom stereocenters. The number of nitrogens with zero attached hydrogens (tertiary/aromatic N) is 1. The molecule has 0 heterocycles. The second kappa shape index (κ2) is 6.12. The highest BCUT2D eigenvalue weighted by atomic mass is 79.9. The molecule has 0 saturated heterocycles. The topological polar surface area (TPSA) is 87.7 Å². The van der Waals surface area contributed by atoms with Crippen LogP contribution in [0.5, 0.6) is 0 Å². The van der Waals surface area contributed by atoms with E-state index in [-0.39, 0.29) is 11.7 Å². The summed E-state index contributed by atoms with van der Waals surface area (Å²) >= 11 is 3.28. The molecule has 0 atom stereocenters. The predicted molar refractivity (Wildman–Crippen MR) is 64.5 cm³/mol. The van der Waals surface area contributed by atoms with E-state index in [9.17, 15) is 4.79 Å². The summed E-state index contributed by atoms with van der Waals surface area (Å²) in [5, 5.41) is 13.8. The van der Waals surface area contributed by atoms with Gasteiger partial charge in [-0.1, -0.05) is 21.1 Å². The van der Waals surface area contributed by atoms with Crippen molar-refractivity contribution >= 4 is 27.7 Å². The Hall–Kier alpha value is -1.56. The molecule has 86 valence electrons. The van der Waals surface area contributed by atoms with Gasteiger partial charge in [-0.05, 0) is 24.3 Å². The number of carbonyl (C=O) groups excluding carboxylic acids is 1. The van der Waals surface area contributed by atoms with E-state index in [0.717, 1.165) is 4.47 Å². The lowest BCUT2D eigenvalue weighted by Crippen LogP contribution is -2.27. The first kappa shape index (κ1) is 12.5. The van der Waals surface area contributed by atoms with Crippen molar-refractivity contribution in [2.75, 3.05) is 6.54 Å². The number of benzene rings is 1. The zero-order valence-corrected chi connectivity index (χ0v) is 10.1. The highest BCUT2D eigenvalue weighted by Crippen LogP contribution is 2.10. The third-order valence-electron chi connectivity index (χ3n) is 1.90. The number of amides is 1. The number of nitrogens with one attached hydrogen (secondary N) is 1. The summed E-state index contributed by atoms with van der Waals surface area (Å²) in [7, 11) is 0. The van der Waals surface area contributed by atoms with Crippen LogP contribution >= 0.6 is 15.9 Å². The van der Waals surface area contributed by atoms with E-state index in [2.05, 4.69) is 26.4 Å². The zero-order valence-electron chi connectivity index (χ0n) is 8.48. The van der Waals surface area contributed by atoms with Crippen molar-refractivity contribution in [2.45, 2.75) is 6.42 Å². The maximum Gasteiger partial charge on any atom is 0.251 e. The Morgan fingerprint density at radius 3 is 2.62 bits per heavy atom. The summed E-state index contributed by atoms with van der Waals surface area (Å²) in [5.41, 5.74) is 5.83. The zero-order chi connectivity index (χ0) is 12.0. The van der Waals surface area contributed by atoms with Crippen LogP contribution in [0.1, 0.15) is 16.8 Å². The standard InChI is InChI=1S/C10H12BrN3O2/c11-8-3-1-7(2-4-8)10(15)13-6-5-9(12)14-16/h1-4,16H,5-6H2,(H2,12,14)(H,13,15). The molecule has 0 aliphatic heterocycles. The number of hydrogen-bond acceptors (Lipinski definition) is 3. The van der Waals surface area contributed by atoms with Gasteiger partial charge in [0.1, 0.15) is 5.84 Å². The van der Waals surface area contributed by atoms with Crippen LogP contribution in [0, 0.1) is 0 Å². The average Bonchev–Trinajstić information content (AvgIpc) is 2.29. The highest BCUT2D eigenvalue weighted by Gasteiger charge is 2.04. The van der Waals surface area contributed by atoms with Crippen LogP contribution in [0.3, 0.4) is 0 Å². The van der Waals surface area contributed by atoms with Crippen molar-refractivity contribution < 1.29 is 10.0 Å². The first-order chi connectivity index (χ1) is 7.63. The Labute approximate surface area is 101 Å². The van der Waals surface area contributed by atoms with Crippen LogP contribution < -0.4 is 11.1 Å². The van der Waals surface area contributed by atoms with Crippen molar-refractivity contribution in [2.24, 2.45) is 10.9 Å². The molecular weight excluding hydrogens is 274 g/mol. The molecule has 1 aromatic rings. The molecule has 0 fully saturated rings. The fourth-order valence-corrected chi connectivity index (χ4v) is 1.32. The number of halogens is 1. The lowest BCUT2D eigenvalue weighted by Gasteiger charge is -2.04. The fourth-order valence-electron chi connectivity index (χ4n) is 1.06. The summed E-state index contributed by atoms with van der Waals surface area (Å²) in [6.07, 6.45) is 0.318. The van der Waals surface area contributed by atoms with Crippen molar-refractivity contribution in [3.63, 3.8) is 0 Å². The molecular formula is C10H12BrN3O2. The lowest BCUT2D eigenvalue weighted by molar-refractivity contribution is 0.0954. The van der Waals surface area contributed by atoms with Crippen LogP contribution in [0.15, 0.2) is 33.9 Å². The van der Waals surface area contributed by atoms with Crippen LogP contribution in [0.4, 0.5) is 0 Å². The van der Waals surface area contributed by atoms with E-state index in [1.807, 2.05) is 0 Å². The van der Waals surface area contributed by atoms with Gasteiger partial charge >= 0.3 is 0 Å². The molecule has 0 aromatic heterocycles. The first-order valence-electron chi connectivity index (χ1n) is 4.63. The summed E-state index contributed by atoms with van der Waals surface area (Å²) in [6, 6.07) is 7.00. The minimum atomic E-state index is -0.182. The van der Waals surface area contributed by atoms with Crippen LogP contribution in [0.25, 0.3) is 0 Å². The van der Waals surface area contributed by atoms with Crippen LogP contribution in [0.2, 0.25) is 0 Å². The van der Waals surface area contributed by atoms with Gasteiger partial charge in [0.05, 0.1) is 0 Å². The van der Waals surface area contributed by atoms with Gasteiger partial charge < -0.3 is 16.3 Å². The quantitative estimate of drug-likeness (QED) is 0.337. The summed E-state index contributed by atoms with van der Waals surface area (Å²) in [4.78, 5) is 11.6. The maximum atomic E-state index is 11.6. The van der Waals surface area contributed by atoms with E-state index in [4.69, 9.17) is 10.9 Å². The van der Waals surface area contributed by atoms with E-state index < -0.39 is 0 Å². The molecule has 1 rings (SSSR count). The second-order valence-corrected chi connectivity index (χ2v) is 4.02. The average molecular weight is 286 g/mol. The van der Waals surface area contributed by atoms with Crippen LogP contribution in [-0.2, 0) is 0 Å². The molecule has 1 aromatic carbocycles. The Balaban J connectivity index is 2.44. The largest absolute Gasteiger partial charge is 0.409 e. The smallest absolute Gasteiger partial charge is 0.251 e. The van der Waals surface area contributed by atoms with Gasteiger partial charge in [0.25, 0.3) is 5.91 Å². The van der Waals surface area contributed by atoms with Gasteiger partial charge in [-0.15, -0.1) is 0 Å². The third-order valence-corrected chi connectivity index (χ3v) is 2.43. The van der Waals surface area contributed by atoms with Gasteiger partial charge in [0.15, 0.2) is 0 Å². The minimum Gasteiger partial charge on any atom is -0.409 e. The number of amidine groups is 1. The second-order valence-electron chi connectivity index (χ2n) is 3.10. The van der Waals surface area contributed by atoms with Gasteiger partial charge in [0.2, 0.25) is 0 Å². The SMILES string of the molecule is NC(CCNC(=O)c1ccc(Br)cc1)=NO. The van der Waals surface area contributed by atoms with Gasteiger partial charge in [-0.25, -0.2) is 0 Å². The number of oxime groups is 1. The van der Waals surface area contributed by atoms with Gasteiger partial charge in [0, 0.05) is 23.0 Å². The summed E-state index contributed by atoms with van der Waals surface area (Å²) in [6.45, 7) is 0.338. The van der Waals surface area contributed by atoms with E-state index in [1.54, 1.807) is 24.3 Å². The Morgan fingerprint density at radius 2 is 2.06 bits per heavy atom. The maximum absolute atomic E-state index is 11.6. The lowest BCUT2D eigenvalue weighted by atomic mass is 10.2. The molecule has 0 bridgehead atoms. The first-order valence-corrected chi connectivity index (χ1v) is 5.43. The molecule has 0 aliphatic carbocycles. The Morgan fingerprint density at radius 1 is 1.44 bits per heavy atom. The molecule has 0 spiro atoms. The van der Waals surface area contributed by atoms with Crippen molar-refractivity contribution in [1.29, 1.82) is 0 Å². The minimum absolute atomic E-state index is 0.0936. The van der Waals surface area contributed by atoms with Crippen molar-refractivity contribution in [3.8, 4) is 0 Å². The summed E-state index contributed by atoms with van der Waals surface area (Å²) in [5.74, 6) is -0.0886. The number of rotatable bonds is 4. The molecule has 0 radical (unpaired) electrons.